The number of hydrogen-bond donors (Lipinski definition) is 3. The minimum Gasteiger partial charge on any atom is -0.453 e. The van der Waals surface area contributed by atoms with Gasteiger partial charge in [0, 0.05) is 76.7 Å². The van der Waals surface area contributed by atoms with E-state index in [1.807, 2.05) is 43.5 Å². The fourth-order valence-corrected chi connectivity index (χ4v) is 5.11. The van der Waals surface area contributed by atoms with Gasteiger partial charge < -0.3 is 25.6 Å². The summed E-state index contributed by atoms with van der Waals surface area (Å²) in [5.74, 6) is 1.51. The van der Waals surface area contributed by atoms with Crippen molar-refractivity contribution in [3.8, 4) is 0 Å². The molecule has 1 aromatic carbocycles. The molecule has 2 fully saturated rings. The zero-order chi connectivity index (χ0) is 28.0. The topological polar surface area (TPSA) is 120 Å². The molecular formula is C30H35N9O2. The predicted octanol–water partition coefficient (Wildman–Crippen LogP) is 2.90. The lowest BCUT2D eigenvalue weighted by Crippen LogP contribution is -2.44. The Labute approximate surface area is 239 Å². The van der Waals surface area contributed by atoms with Crippen LogP contribution < -0.4 is 20.9 Å². The van der Waals surface area contributed by atoms with E-state index in [1.54, 1.807) is 18.3 Å². The van der Waals surface area contributed by atoms with Crippen LogP contribution in [0.15, 0.2) is 60.9 Å². The second-order valence-electron chi connectivity index (χ2n) is 10.4. The third-order valence-electron chi connectivity index (χ3n) is 7.37. The van der Waals surface area contributed by atoms with Crippen molar-refractivity contribution < 1.29 is 9.53 Å². The van der Waals surface area contributed by atoms with Gasteiger partial charge in [0.1, 0.15) is 17.4 Å². The van der Waals surface area contributed by atoms with Crippen LogP contribution in [0, 0.1) is 0 Å². The molecule has 5 heterocycles. The normalized spacial score (nSPS) is 16.9. The SMILES string of the molecule is C[C@@H](OC(=O)c1ccccc1)c1cc2cnc(Nc3ccc(CN4CCNCC4)cn3)nc2c(N2CCNCC2)n1. The molecule has 0 unspecified atom stereocenters. The van der Waals surface area contributed by atoms with Crippen LogP contribution in [0.2, 0.25) is 0 Å². The number of pyridine rings is 2. The van der Waals surface area contributed by atoms with Crippen LogP contribution in [0.25, 0.3) is 10.9 Å². The summed E-state index contributed by atoms with van der Waals surface area (Å²) < 4.78 is 5.77. The number of anilines is 3. The number of esters is 1. The van der Waals surface area contributed by atoms with Gasteiger partial charge in [0.25, 0.3) is 0 Å². The van der Waals surface area contributed by atoms with Crippen LogP contribution in [0.4, 0.5) is 17.6 Å². The van der Waals surface area contributed by atoms with Gasteiger partial charge in [-0.15, -0.1) is 0 Å². The molecule has 2 aliphatic heterocycles. The third-order valence-corrected chi connectivity index (χ3v) is 7.37. The number of ether oxygens (including phenoxy) is 1. The van der Waals surface area contributed by atoms with Gasteiger partial charge in [-0.05, 0) is 36.8 Å². The van der Waals surface area contributed by atoms with E-state index in [0.29, 0.717) is 23.0 Å². The molecule has 2 saturated heterocycles. The first kappa shape index (κ1) is 27.0. The first-order valence-corrected chi connectivity index (χ1v) is 14.2. The number of carbonyl (C=O) groups excluding carboxylic acids is 1. The molecule has 0 spiro atoms. The van der Waals surface area contributed by atoms with Crippen LogP contribution in [0.1, 0.15) is 34.6 Å². The largest absolute Gasteiger partial charge is 0.453 e. The molecule has 11 heteroatoms. The number of nitrogens with one attached hydrogen (secondary N) is 3. The van der Waals surface area contributed by atoms with Crippen molar-refractivity contribution in [3.05, 3.63) is 77.7 Å². The molecule has 0 saturated carbocycles. The molecule has 1 atom stereocenters. The number of hydrogen-bond acceptors (Lipinski definition) is 11. The monoisotopic (exact) mass is 553 g/mol. The van der Waals surface area contributed by atoms with E-state index in [2.05, 4.69) is 41.8 Å². The summed E-state index contributed by atoms with van der Waals surface area (Å²) in [6, 6.07) is 14.9. The summed E-state index contributed by atoms with van der Waals surface area (Å²) in [5, 5.41) is 10.9. The standard InChI is InChI=1S/C30H35N9O2/c1-21(41-29(40)23-5-3-2-4-6-23)25-17-24-19-34-30(37-27(24)28(35-25)39-15-11-32-12-16-39)36-26-8-7-22(18-33-26)20-38-13-9-31-10-14-38/h2-8,17-19,21,31-32H,9-16,20H2,1H3,(H,33,34,36,37)/t21-/m1/s1. The van der Waals surface area contributed by atoms with Crippen molar-refractivity contribution in [2.45, 2.75) is 19.6 Å². The summed E-state index contributed by atoms with van der Waals surface area (Å²) in [6.45, 7) is 10.2. The van der Waals surface area contributed by atoms with Gasteiger partial charge in [-0.2, -0.15) is 0 Å². The number of benzene rings is 1. The zero-order valence-electron chi connectivity index (χ0n) is 23.2. The van der Waals surface area contributed by atoms with Crippen molar-refractivity contribution in [2.75, 3.05) is 62.6 Å². The molecule has 0 amide bonds. The molecule has 3 N–H and O–H groups in total. The lowest BCUT2D eigenvalue weighted by Gasteiger charge is -2.29. The number of aromatic nitrogens is 4. The Balaban J connectivity index is 1.23. The van der Waals surface area contributed by atoms with Gasteiger partial charge in [-0.25, -0.2) is 24.7 Å². The quantitative estimate of drug-likeness (QED) is 0.279. The molecule has 212 valence electrons. The minimum absolute atomic E-state index is 0.383. The summed E-state index contributed by atoms with van der Waals surface area (Å²) in [6.07, 6.45) is 3.14. The molecule has 41 heavy (non-hydrogen) atoms. The fourth-order valence-electron chi connectivity index (χ4n) is 5.11. The van der Waals surface area contributed by atoms with E-state index in [1.165, 1.54) is 5.56 Å². The predicted molar refractivity (Wildman–Crippen MR) is 158 cm³/mol. The van der Waals surface area contributed by atoms with Crippen LogP contribution in [0.5, 0.6) is 0 Å². The van der Waals surface area contributed by atoms with Gasteiger partial charge >= 0.3 is 5.97 Å². The lowest BCUT2D eigenvalue weighted by atomic mass is 10.1. The van der Waals surface area contributed by atoms with Gasteiger partial charge in [0.2, 0.25) is 5.95 Å². The summed E-state index contributed by atoms with van der Waals surface area (Å²) in [7, 11) is 0. The highest BCUT2D eigenvalue weighted by Crippen LogP contribution is 2.29. The first-order valence-electron chi connectivity index (χ1n) is 14.2. The Bertz CT molecular complexity index is 1470. The highest BCUT2D eigenvalue weighted by molar-refractivity contribution is 5.91. The molecule has 3 aromatic heterocycles. The second kappa shape index (κ2) is 12.5. The minimum atomic E-state index is -0.546. The molecule has 0 radical (unpaired) electrons. The van der Waals surface area contributed by atoms with Crippen molar-refractivity contribution in [1.29, 1.82) is 0 Å². The highest BCUT2D eigenvalue weighted by Gasteiger charge is 2.22. The number of fused-ring (bicyclic) bond motifs is 1. The molecule has 2 aliphatic rings. The Kier molecular flexibility index (Phi) is 8.26. The van der Waals surface area contributed by atoms with Crippen LogP contribution in [-0.4, -0.2) is 83.2 Å². The maximum absolute atomic E-state index is 12.7. The summed E-state index contributed by atoms with van der Waals surface area (Å²) >= 11 is 0. The molecular weight excluding hydrogens is 518 g/mol. The number of piperazine rings is 2. The molecule has 0 aliphatic carbocycles. The fraction of sp³-hybridized carbons (Fsp3) is 0.367. The van der Waals surface area contributed by atoms with Gasteiger partial charge in [0.05, 0.1) is 11.3 Å². The van der Waals surface area contributed by atoms with Gasteiger partial charge in [-0.3, -0.25) is 4.90 Å². The van der Waals surface area contributed by atoms with Crippen molar-refractivity contribution in [3.63, 3.8) is 0 Å². The molecule has 0 bridgehead atoms. The van der Waals surface area contributed by atoms with E-state index in [0.717, 1.165) is 75.6 Å². The average molecular weight is 554 g/mol. The van der Waals surface area contributed by atoms with E-state index < -0.39 is 6.10 Å². The summed E-state index contributed by atoms with van der Waals surface area (Å²) in [4.78, 5) is 36.3. The van der Waals surface area contributed by atoms with Gasteiger partial charge in [-0.1, -0.05) is 24.3 Å². The second-order valence-corrected chi connectivity index (χ2v) is 10.4. The number of nitrogens with zero attached hydrogens (tertiary/aromatic N) is 6. The Morgan fingerprint density at radius 3 is 2.44 bits per heavy atom. The zero-order valence-corrected chi connectivity index (χ0v) is 23.2. The number of rotatable bonds is 8. The summed E-state index contributed by atoms with van der Waals surface area (Å²) in [5.41, 5.74) is 3.08. The van der Waals surface area contributed by atoms with E-state index in [4.69, 9.17) is 14.7 Å². The van der Waals surface area contributed by atoms with Crippen molar-refractivity contribution in [2.24, 2.45) is 0 Å². The number of carbonyl (C=O) groups is 1. The van der Waals surface area contributed by atoms with E-state index in [9.17, 15) is 4.79 Å². The van der Waals surface area contributed by atoms with E-state index >= 15 is 0 Å². The Hall–Kier alpha value is -4.19. The molecule has 4 aromatic rings. The molecule has 6 rings (SSSR count). The Morgan fingerprint density at radius 2 is 1.71 bits per heavy atom. The average Bonchev–Trinajstić information content (AvgIpc) is 3.03. The van der Waals surface area contributed by atoms with Crippen LogP contribution in [0.3, 0.4) is 0 Å². The van der Waals surface area contributed by atoms with Crippen LogP contribution in [-0.2, 0) is 11.3 Å². The highest BCUT2D eigenvalue weighted by atomic mass is 16.5. The Morgan fingerprint density at radius 1 is 0.951 bits per heavy atom. The molecule has 11 nitrogen and oxygen atoms in total. The third kappa shape index (κ3) is 6.59. The van der Waals surface area contributed by atoms with E-state index in [-0.39, 0.29) is 5.97 Å². The van der Waals surface area contributed by atoms with Crippen molar-refractivity contribution in [1.82, 2.24) is 35.5 Å². The smallest absolute Gasteiger partial charge is 0.338 e. The first-order chi connectivity index (χ1) is 20.1. The van der Waals surface area contributed by atoms with Crippen molar-refractivity contribution >= 4 is 34.5 Å². The van der Waals surface area contributed by atoms with Crippen LogP contribution >= 0.6 is 0 Å². The van der Waals surface area contributed by atoms with Gasteiger partial charge in [0.15, 0.2) is 5.82 Å². The maximum atomic E-state index is 12.7. The maximum Gasteiger partial charge on any atom is 0.338 e. The lowest BCUT2D eigenvalue weighted by molar-refractivity contribution is 0.0329.